The number of likely N-dealkylation sites (tertiary alicyclic amines) is 1. The number of carbonyl (C=O) groups is 3. The zero-order chi connectivity index (χ0) is 16.8. The molecular weight excluding hydrogens is 292 g/mol. The van der Waals surface area contributed by atoms with Gasteiger partial charge in [-0.15, -0.1) is 0 Å². The van der Waals surface area contributed by atoms with Crippen LogP contribution in [0.15, 0.2) is 18.2 Å². The molecule has 1 aliphatic heterocycles. The molecule has 0 saturated carbocycles. The van der Waals surface area contributed by atoms with E-state index >= 15 is 0 Å². The molecule has 1 heterocycles. The molecule has 1 aromatic rings. The number of aryl methyl sites for hydroxylation is 1. The summed E-state index contributed by atoms with van der Waals surface area (Å²) in [4.78, 5) is 38.2. The van der Waals surface area contributed by atoms with Crippen molar-refractivity contribution in [2.45, 2.75) is 45.6 Å². The van der Waals surface area contributed by atoms with E-state index in [0.29, 0.717) is 25.1 Å². The normalized spacial score (nSPS) is 22.8. The Labute approximate surface area is 136 Å². The fraction of sp³-hybridized carbons (Fsp3) is 0.500. The largest absolute Gasteiger partial charge is 0.328 e. The molecule has 2 amide bonds. The van der Waals surface area contributed by atoms with Gasteiger partial charge >= 0.3 is 0 Å². The average Bonchev–Trinajstić information content (AvgIpc) is 2.86. The van der Waals surface area contributed by atoms with Crippen LogP contribution in [0.4, 0.5) is 5.69 Å². The lowest BCUT2D eigenvalue weighted by atomic mass is 9.84. The van der Waals surface area contributed by atoms with Gasteiger partial charge in [-0.1, -0.05) is 13.8 Å². The quantitative estimate of drug-likeness (QED) is 0.931. The van der Waals surface area contributed by atoms with Crippen molar-refractivity contribution in [3.8, 4) is 0 Å². The molecule has 0 bridgehead atoms. The molecule has 1 fully saturated rings. The van der Waals surface area contributed by atoms with E-state index in [0.717, 1.165) is 17.5 Å². The molecule has 1 N–H and O–H groups in total. The molecule has 3 rings (SSSR count). The summed E-state index contributed by atoms with van der Waals surface area (Å²) < 4.78 is 0. The van der Waals surface area contributed by atoms with E-state index in [2.05, 4.69) is 5.32 Å². The molecule has 1 saturated heterocycles. The molecule has 5 heteroatoms. The highest BCUT2D eigenvalue weighted by Crippen LogP contribution is 2.33. The average molecular weight is 314 g/mol. The number of amides is 2. The van der Waals surface area contributed by atoms with Crippen LogP contribution in [0.1, 0.15) is 49.5 Å². The van der Waals surface area contributed by atoms with Gasteiger partial charge in [0.2, 0.25) is 11.8 Å². The summed E-state index contributed by atoms with van der Waals surface area (Å²) in [7, 11) is 0. The Morgan fingerprint density at radius 2 is 2.00 bits per heavy atom. The molecule has 0 aromatic heterocycles. The van der Waals surface area contributed by atoms with Crippen molar-refractivity contribution < 1.29 is 14.4 Å². The second kappa shape index (κ2) is 5.48. The second-order valence-electron chi connectivity index (χ2n) is 6.92. The summed E-state index contributed by atoms with van der Waals surface area (Å²) in [6.07, 6.45) is 1.94. The van der Waals surface area contributed by atoms with Crippen LogP contribution in [-0.4, -0.2) is 34.6 Å². The van der Waals surface area contributed by atoms with Crippen LogP contribution in [0.5, 0.6) is 0 Å². The molecule has 1 aromatic carbocycles. The zero-order valence-corrected chi connectivity index (χ0v) is 13.8. The number of anilines is 1. The topological polar surface area (TPSA) is 66.5 Å². The first kappa shape index (κ1) is 15.7. The maximum Gasteiger partial charge on any atom is 0.250 e. The highest BCUT2D eigenvalue weighted by Gasteiger charge is 2.49. The lowest BCUT2D eigenvalue weighted by Crippen LogP contribution is -2.66. The number of nitrogens with zero attached hydrogens (tertiary/aromatic N) is 1. The number of Topliss-reactive ketones (excluding diaryl/α,β-unsaturated/α-hetero) is 1. The van der Waals surface area contributed by atoms with Crippen LogP contribution < -0.4 is 5.32 Å². The Balaban J connectivity index is 1.75. The van der Waals surface area contributed by atoms with Crippen molar-refractivity contribution in [1.82, 2.24) is 4.90 Å². The third kappa shape index (κ3) is 2.54. The maximum atomic E-state index is 12.6. The highest BCUT2D eigenvalue weighted by atomic mass is 16.2. The van der Waals surface area contributed by atoms with Gasteiger partial charge in [0.1, 0.15) is 5.54 Å². The predicted molar refractivity (Wildman–Crippen MR) is 87.3 cm³/mol. The van der Waals surface area contributed by atoms with Crippen LogP contribution in [0.2, 0.25) is 0 Å². The monoisotopic (exact) mass is 314 g/mol. The van der Waals surface area contributed by atoms with Gasteiger partial charge in [0.05, 0.1) is 0 Å². The van der Waals surface area contributed by atoms with Crippen molar-refractivity contribution in [2.75, 3.05) is 11.9 Å². The molecule has 2 aliphatic rings. The third-order valence-corrected chi connectivity index (χ3v) is 4.95. The number of ketones is 1. The Morgan fingerprint density at radius 1 is 1.26 bits per heavy atom. The predicted octanol–water partition coefficient (Wildman–Crippen LogP) is 2.40. The first-order chi connectivity index (χ1) is 10.8. The van der Waals surface area contributed by atoms with Crippen LogP contribution in [-0.2, 0) is 16.0 Å². The number of fused-ring (bicyclic) bond motifs is 1. The smallest absolute Gasteiger partial charge is 0.250 e. The minimum Gasteiger partial charge on any atom is -0.328 e. The lowest BCUT2D eigenvalue weighted by Gasteiger charge is -2.49. The van der Waals surface area contributed by atoms with Gasteiger partial charge in [-0.3, -0.25) is 14.4 Å². The molecule has 23 heavy (non-hydrogen) atoms. The molecule has 1 aliphatic carbocycles. The summed E-state index contributed by atoms with van der Waals surface area (Å²) in [5.41, 5.74) is 1.65. The minimum absolute atomic E-state index is 0.00782. The Kier molecular flexibility index (Phi) is 3.74. The second-order valence-corrected chi connectivity index (χ2v) is 6.92. The van der Waals surface area contributed by atoms with Crippen LogP contribution in [0, 0.1) is 5.92 Å². The number of rotatable bonds is 3. The first-order valence-electron chi connectivity index (χ1n) is 8.12. The minimum atomic E-state index is -0.782. The number of hydrogen-bond donors (Lipinski definition) is 1. The summed E-state index contributed by atoms with van der Waals surface area (Å²) in [6.45, 7) is 6.12. The van der Waals surface area contributed by atoms with E-state index in [1.165, 1.54) is 0 Å². The standard InChI is InChI=1S/C18H22N2O3/c1-11(2)16(22)20-9-8-18(20,3)17(23)19-13-5-6-14-12(10-13)4-7-15(14)21/h5-6,10-11H,4,7-9H2,1-3H3,(H,19,23). The summed E-state index contributed by atoms with van der Waals surface area (Å²) in [5, 5.41) is 2.91. The van der Waals surface area contributed by atoms with Gasteiger partial charge in [-0.2, -0.15) is 0 Å². The molecule has 5 nitrogen and oxygen atoms in total. The van der Waals surface area contributed by atoms with Gasteiger partial charge in [-0.25, -0.2) is 0 Å². The number of hydrogen-bond acceptors (Lipinski definition) is 3. The zero-order valence-electron chi connectivity index (χ0n) is 13.8. The van der Waals surface area contributed by atoms with E-state index in [-0.39, 0.29) is 23.5 Å². The van der Waals surface area contributed by atoms with E-state index in [9.17, 15) is 14.4 Å². The van der Waals surface area contributed by atoms with E-state index in [1.54, 1.807) is 17.0 Å². The number of nitrogens with one attached hydrogen (secondary N) is 1. The van der Waals surface area contributed by atoms with Crippen molar-refractivity contribution in [1.29, 1.82) is 0 Å². The Hall–Kier alpha value is -2.17. The van der Waals surface area contributed by atoms with Crippen molar-refractivity contribution in [3.63, 3.8) is 0 Å². The summed E-state index contributed by atoms with van der Waals surface area (Å²) in [6, 6.07) is 5.41. The SMILES string of the molecule is CC(C)C(=O)N1CCC1(C)C(=O)Nc1ccc2c(c1)CCC2=O. The van der Waals surface area contributed by atoms with Crippen LogP contribution in [0.3, 0.4) is 0 Å². The number of benzene rings is 1. The fourth-order valence-electron chi connectivity index (χ4n) is 3.26. The lowest BCUT2D eigenvalue weighted by molar-refractivity contribution is -0.157. The fourth-order valence-corrected chi connectivity index (χ4v) is 3.26. The van der Waals surface area contributed by atoms with Crippen LogP contribution in [0.25, 0.3) is 0 Å². The Bertz CT molecular complexity index is 696. The first-order valence-corrected chi connectivity index (χ1v) is 8.12. The Morgan fingerprint density at radius 3 is 2.61 bits per heavy atom. The van der Waals surface area contributed by atoms with E-state index < -0.39 is 5.54 Å². The maximum absolute atomic E-state index is 12.6. The summed E-state index contributed by atoms with van der Waals surface area (Å²) in [5.74, 6) is -0.110. The van der Waals surface area contributed by atoms with Crippen molar-refractivity contribution >= 4 is 23.3 Å². The van der Waals surface area contributed by atoms with Crippen LogP contribution >= 0.6 is 0 Å². The van der Waals surface area contributed by atoms with E-state index in [1.807, 2.05) is 26.8 Å². The van der Waals surface area contributed by atoms with Crippen molar-refractivity contribution in [2.24, 2.45) is 5.92 Å². The molecule has 0 spiro atoms. The molecule has 0 radical (unpaired) electrons. The van der Waals surface area contributed by atoms with Gasteiger partial charge in [0.15, 0.2) is 5.78 Å². The van der Waals surface area contributed by atoms with Gasteiger partial charge in [-0.05, 0) is 43.5 Å². The number of carbonyl (C=O) groups excluding carboxylic acids is 3. The van der Waals surface area contributed by atoms with Crippen molar-refractivity contribution in [3.05, 3.63) is 29.3 Å². The van der Waals surface area contributed by atoms with Gasteiger partial charge in [0, 0.05) is 30.1 Å². The molecule has 122 valence electrons. The highest BCUT2D eigenvalue weighted by molar-refractivity contribution is 6.03. The molecular formula is C18H22N2O3. The molecule has 1 atom stereocenters. The molecule has 1 unspecified atom stereocenters. The third-order valence-electron chi connectivity index (χ3n) is 4.95. The van der Waals surface area contributed by atoms with Gasteiger partial charge in [0.25, 0.3) is 0 Å². The van der Waals surface area contributed by atoms with E-state index in [4.69, 9.17) is 0 Å². The summed E-state index contributed by atoms with van der Waals surface area (Å²) >= 11 is 0. The van der Waals surface area contributed by atoms with Gasteiger partial charge < -0.3 is 10.2 Å².